The number of fused-ring (bicyclic) bond motifs is 1. The molecule has 206 valence electrons. The van der Waals surface area contributed by atoms with E-state index in [1.807, 2.05) is 6.20 Å². The third-order valence-corrected chi connectivity index (χ3v) is 9.88. The van der Waals surface area contributed by atoms with Gasteiger partial charge in [0.05, 0.1) is 28.0 Å². The second kappa shape index (κ2) is 10.2. The molecule has 1 saturated heterocycles. The van der Waals surface area contributed by atoms with Crippen LogP contribution >= 0.6 is 0 Å². The zero-order valence-electron chi connectivity index (χ0n) is 22.6. The summed E-state index contributed by atoms with van der Waals surface area (Å²) < 4.78 is 35.5. The molecule has 3 aromatic rings. The molecule has 6 rings (SSSR count). The number of carbonyl (C=O) groups excluding carboxylic acids is 1. The van der Waals surface area contributed by atoms with E-state index < -0.39 is 21.3 Å². The first-order chi connectivity index (χ1) is 18.8. The average molecular weight is 549 g/mol. The maximum atomic E-state index is 13.9. The molecule has 1 aliphatic heterocycles. The Bertz CT molecular complexity index is 1480. The van der Waals surface area contributed by atoms with Crippen LogP contribution in [0.15, 0.2) is 53.7 Å². The third kappa shape index (κ3) is 5.02. The minimum Gasteiger partial charge on any atom is -0.375 e. The fourth-order valence-electron chi connectivity index (χ4n) is 5.96. The van der Waals surface area contributed by atoms with Gasteiger partial charge in [-0.3, -0.25) is 9.78 Å². The van der Waals surface area contributed by atoms with Crippen LogP contribution in [0.5, 0.6) is 0 Å². The zero-order chi connectivity index (χ0) is 27.2. The first kappa shape index (κ1) is 26.2. The number of hydrogen-bond donors (Lipinski definition) is 1. The summed E-state index contributed by atoms with van der Waals surface area (Å²) in [5, 5.41) is 0.492. The van der Waals surface area contributed by atoms with Gasteiger partial charge in [-0.05, 0) is 94.2 Å². The Morgan fingerprint density at radius 3 is 2.51 bits per heavy atom. The molecule has 8 nitrogen and oxygen atoms in total. The highest BCUT2D eigenvalue weighted by Gasteiger charge is 2.54. The Morgan fingerprint density at radius 2 is 1.85 bits per heavy atom. The highest BCUT2D eigenvalue weighted by molar-refractivity contribution is 7.90. The van der Waals surface area contributed by atoms with Gasteiger partial charge in [-0.15, -0.1) is 0 Å². The van der Waals surface area contributed by atoms with Crippen molar-refractivity contribution in [1.29, 1.82) is 0 Å². The normalized spacial score (nSPS) is 19.7. The number of aromatic nitrogens is 2. The number of amides is 1. The van der Waals surface area contributed by atoms with Crippen LogP contribution in [-0.4, -0.2) is 49.6 Å². The van der Waals surface area contributed by atoms with Crippen molar-refractivity contribution in [3.8, 4) is 0 Å². The molecule has 1 amide bonds. The Morgan fingerprint density at radius 1 is 1.08 bits per heavy atom. The number of benzene rings is 1. The van der Waals surface area contributed by atoms with Gasteiger partial charge in [0.1, 0.15) is 5.82 Å². The van der Waals surface area contributed by atoms with Gasteiger partial charge in [0.15, 0.2) is 0 Å². The summed E-state index contributed by atoms with van der Waals surface area (Å²) >= 11 is 0. The number of nitrogens with one attached hydrogen (secondary N) is 1. The predicted octanol–water partition coefficient (Wildman–Crippen LogP) is 4.83. The molecule has 1 aromatic carbocycles. The zero-order valence-corrected chi connectivity index (χ0v) is 23.4. The van der Waals surface area contributed by atoms with E-state index in [0.717, 1.165) is 55.7 Å². The molecule has 3 aliphatic rings. The molecule has 39 heavy (non-hydrogen) atoms. The third-order valence-electron chi connectivity index (χ3n) is 8.49. The van der Waals surface area contributed by atoms with Gasteiger partial charge in [0.2, 0.25) is 5.91 Å². The summed E-state index contributed by atoms with van der Waals surface area (Å²) in [6.07, 6.45) is 10.4. The molecule has 0 atom stereocenters. The van der Waals surface area contributed by atoms with E-state index in [4.69, 9.17) is 9.72 Å². The number of nitrogens with zero attached hydrogens (tertiary/aromatic N) is 3. The lowest BCUT2D eigenvalue weighted by Gasteiger charge is -2.36. The Kier molecular flexibility index (Phi) is 6.83. The van der Waals surface area contributed by atoms with Crippen molar-refractivity contribution in [2.24, 2.45) is 0 Å². The monoisotopic (exact) mass is 548 g/mol. The highest BCUT2D eigenvalue weighted by Crippen LogP contribution is 2.52. The second-order valence-corrected chi connectivity index (χ2v) is 13.1. The van der Waals surface area contributed by atoms with Crippen molar-refractivity contribution >= 4 is 32.7 Å². The quantitative estimate of drug-likeness (QED) is 0.430. The van der Waals surface area contributed by atoms with E-state index in [9.17, 15) is 13.2 Å². The van der Waals surface area contributed by atoms with Crippen LogP contribution in [0.1, 0.15) is 75.8 Å². The Labute approximate surface area is 230 Å². The smallest absolute Gasteiger partial charge is 0.264 e. The van der Waals surface area contributed by atoms with Gasteiger partial charge < -0.3 is 9.64 Å². The lowest BCUT2D eigenvalue weighted by atomic mass is 9.79. The molecule has 9 heteroatoms. The van der Waals surface area contributed by atoms with Crippen molar-refractivity contribution < 1.29 is 17.9 Å². The van der Waals surface area contributed by atoms with Crippen LogP contribution in [0, 0.1) is 0 Å². The number of anilines is 1. The van der Waals surface area contributed by atoms with E-state index in [1.165, 1.54) is 12.5 Å². The predicted molar refractivity (Wildman–Crippen MR) is 150 cm³/mol. The maximum Gasteiger partial charge on any atom is 0.264 e. The highest BCUT2D eigenvalue weighted by atomic mass is 32.2. The summed E-state index contributed by atoms with van der Waals surface area (Å²) in [5.74, 6) is 0.789. The number of rotatable bonds is 8. The van der Waals surface area contributed by atoms with Gasteiger partial charge in [0.25, 0.3) is 10.0 Å². The van der Waals surface area contributed by atoms with Crippen molar-refractivity contribution in [1.82, 2.24) is 14.7 Å². The molecule has 1 N–H and O–H groups in total. The lowest BCUT2D eigenvalue weighted by Crippen LogP contribution is -2.42. The fraction of sp³-hybridized carbons (Fsp3) is 0.500. The van der Waals surface area contributed by atoms with Crippen LogP contribution in [0.2, 0.25) is 0 Å². The molecular formula is C30H36N4O4S. The average Bonchev–Trinajstić information content (AvgIpc) is 3.70. The molecule has 0 unspecified atom stereocenters. The largest absolute Gasteiger partial charge is 0.375 e. The van der Waals surface area contributed by atoms with Gasteiger partial charge in [-0.25, -0.2) is 18.1 Å². The SMILES string of the molecule is CC(C)OC1CCN(c2ncc(C3CCC3)cc2C2(C(=O)NS(=O)(=O)c3cccc4ncccc34)CC2)CC1. The van der Waals surface area contributed by atoms with Crippen molar-refractivity contribution in [2.45, 2.75) is 87.2 Å². The summed E-state index contributed by atoms with van der Waals surface area (Å²) in [4.78, 5) is 25.4. The van der Waals surface area contributed by atoms with Gasteiger partial charge >= 0.3 is 0 Å². The van der Waals surface area contributed by atoms with Crippen LogP contribution in [0.25, 0.3) is 10.9 Å². The van der Waals surface area contributed by atoms with E-state index in [-0.39, 0.29) is 17.1 Å². The van der Waals surface area contributed by atoms with Crippen LogP contribution < -0.4 is 9.62 Å². The molecule has 3 fully saturated rings. The molecule has 2 aliphatic carbocycles. The lowest BCUT2D eigenvalue weighted by molar-refractivity contribution is -0.121. The summed E-state index contributed by atoms with van der Waals surface area (Å²) in [6.45, 7) is 5.70. The first-order valence-electron chi connectivity index (χ1n) is 14.1. The van der Waals surface area contributed by atoms with Gasteiger partial charge in [0, 0.05) is 36.4 Å². The summed E-state index contributed by atoms with van der Waals surface area (Å²) in [6, 6.07) is 10.5. The van der Waals surface area contributed by atoms with Crippen LogP contribution in [0.3, 0.4) is 0 Å². The number of hydrogen-bond acceptors (Lipinski definition) is 7. The van der Waals surface area contributed by atoms with Crippen LogP contribution in [-0.2, 0) is 25.0 Å². The summed E-state index contributed by atoms with van der Waals surface area (Å²) in [5.41, 5.74) is 1.68. The molecule has 0 bridgehead atoms. The minimum absolute atomic E-state index is 0.0612. The molecule has 2 aromatic heterocycles. The minimum atomic E-state index is -4.10. The van der Waals surface area contributed by atoms with Gasteiger partial charge in [-0.2, -0.15) is 0 Å². The Balaban J connectivity index is 1.31. The molecule has 3 heterocycles. The second-order valence-electron chi connectivity index (χ2n) is 11.5. The standard InChI is InChI=1S/C30H36N4O4S/c1-20(2)38-23-11-16-34(17-12-23)28-25(18-22(19-32-28)21-6-3-7-21)30(13-14-30)29(35)33-39(36,37)27-10-4-9-26-24(27)8-5-15-31-26/h4-5,8-10,15,18-21,23H,3,6-7,11-14,16-17H2,1-2H3,(H,33,35). The Hall–Kier alpha value is -3.04. The van der Waals surface area contributed by atoms with E-state index in [1.54, 1.807) is 30.5 Å². The number of pyridine rings is 2. The molecular weight excluding hydrogens is 512 g/mol. The number of ether oxygens (including phenoxy) is 1. The van der Waals surface area contributed by atoms with E-state index in [0.29, 0.717) is 29.7 Å². The number of carbonyl (C=O) groups is 1. The number of piperidine rings is 1. The molecule has 0 spiro atoms. The van der Waals surface area contributed by atoms with Crippen LogP contribution in [0.4, 0.5) is 5.82 Å². The van der Waals surface area contributed by atoms with Gasteiger partial charge in [-0.1, -0.05) is 12.5 Å². The topological polar surface area (TPSA) is 101 Å². The van der Waals surface area contributed by atoms with E-state index in [2.05, 4.69) is 34.5 Å². The molecule has 0 radical (unpaired) electrons. The maximum absolute atomic E-state index is 13.9. The van der Waals surface area contributed by atoms with Crippen molar-refractivity contribution in [3.05, 3.63) is 59.9 Å². The fourth-order valence-corrected chi connectivity index (χ4v) is 7.23. The van der Waals surface area contributed by atoms with E-state index >= 15 is 0 Å². The van der Waals surface area contributed by atoms with Crippen molar-refractivity contribution in [2.75, 3.05) is 18.0 Å². The molecule has 2 saturated carbocycles. The van der Waals surface area contributed by atoms with Crippen molar-refractivity contribution in [3.63, 3.8) is 0 Å². The number of sulfonamides is 1. The first-order valence-corrected chi connectivity index (χ1v) is 15.6. The summed E-state index contributed by atoms with van der Waals surface area (Å²) in [7, 11) is -4.10.